The van der Waals surface area contributed by atoms with Crippen LogP contribution in [0, 0.1) is 14.4 Å². The van der Waals surface area contributed by atoms with Gasteiger partial charge in [0.05, 0.1) is 5.56 Å². The van der Waals surface area contributed by atoms with Gasteiger partial charge in [0.1, 0.15) is 0 Å². The van der Waals surface area contributed by atoms with E-state index in [-0.39, 0.29) is 29.4 Å². The number of esters is 1. The van der Waals surface area contributed by atoms with Crippen molar-refractivity contribution in [3.05, 3.63) is 33.4 Å². The molecule has 0 spiro atoms. The van der Waals surface area contributed by atoms with E-state index in [1.54, 1.807) is 12.1 Å². The van der Waals surface area contributed by atoms with Gasteiger partial charge in [-0.3, -0.25) is 4.79 Å². The molecule has 3 rings (SSSR count). The Morgan fingerprint density at radius 2 is 2.04 bits per heavy atom. The second-order valence-electron chi connectivity index (χ2n) is 8.32. The van der Waals surface area contributed by atoms with Crippen LogP contribution in [-0.4, -0.2) is 36.0 Å². The highest BCUT2D eigenvalue weighted by molar-refractivity contribution is 14.1. The third-order valence-corrected chi connectivity index (χ3v) is 5.79. The maximum absolute atomic E-state index is 12.6. The summed E-state index contributed by atoms with van der Waals surface area (Å²) >= 11 is 2.15. The maximum Gasteiger partial charge on any atom is 0.338 e. The van der Waals surface area contributed by atoms with Crippen LogP contribution in [0.4, 0.5) is 0 Å². The topological polar surface area (TPSA) is 46.6 Å². The van der Waals surface area contributed by atoms with Gasteiger partial charge in [0.25, 0.3) is 5.91 Å². The summed E-state index contributed by atoms with van der Waals surface area (Å²) in [6, 6.07) is 7.48. The van der Waals surface area contributed by atoms with Gasteiger partial charge in [-0.1, -0.05) is 26.8 Å². The normalized spacial score (nSPS) is 27.8. The minimum Gasteiger partial charge on any atom is -0.452 e. The molecule has 0 aromatic heterocycles. The highest BCUT2D eigenvalue weighted by atomic mass is 127. The first kappa shape index (κ1) is 17.7. The second kappa shape index (κ2) is 6.32. The number of benzene rings is 1. The number of carbonyl (C=O) groups excluding carboxylic acids is 2. The van der Waals surface area contributed by atoms with E-state index in [4.69, 9.17) is 4.74 Å². The van der Waals surface area contributed by atoms with E-state index < -0.39 is 5.97 Å². The molecule has 4 nitrogen and oxygen atoms in total. The summed E-state index contributed by atoms with van der Waals surface area (Å²) in [5.74, 6) is -0.504. The fraction of sp³-hybridized carbons (Fsp3) is 0.579. The summed E-state index contributed by atoms with van der Waals surface area (Å²) in [5, 5.41) is 0. The van der Waals surface area contributed by atoms with Crippen LogP contribution in [0.2, 0.25) is 0 Å². The van der Waals surface area contributed by atoms with Crippen molar-refractivity contribution in [1.82, 2.24) is 4.90 Å². The molecule has 1 aliphatic carbocycles. The Balaban J connectivity index is 1.61. The number of carbonyl (C=O) groups is 2. The molecule has 1 aromatic carbocycles. The van der Waals surface area contributed by atoms with Crippen molar-refractivity contribution in [1.29, 1.82) is 0 Å². The van der Waals surface area contributed by atoms with Gasteiger partial charge in [0, 0.05) is 16.2 Å². The van der Waals surface area contributed by atoms with Gasteiger partial charge in [0.2, 0.25) is 0 Å². The highest BCUT2D eigenvalue weighted by Gasteiger charge is 2.50. The molecule has 2 fully saturated rings. The first-order valence-electron chi connectivity index (χ1n) is 8.40. The Bertz CT molecular complexity index is 672. The first-order valence-corrected chi connectivity index (χ1v) is 9.48. The van der Waals surface area contributed by atoms with Crippen LogP contribution < -0.4 is 0 Å². The lowest BCUT2D eigenvalue weighted by Gasteiger charge is -2.39. The molecule has 2 atom stereocenters. The van der Waals surface area contributed by atoms with E-state index in [0.717, 1.165) is 29.4 Å². The third-order valence-electron chi connectivity index (χ3n) is 5.12. The lowest BCUT2D eigenvalue weighted by molar-refractivity contribution is -0.135. The standard InChI is InChI=1S/C19H24INO3/c1-18(2)8-15-9-19(3,11-18)12-21(15)16(22)10-24-17(23)13-5-4-6-14(20)7-13/h4-7,15H,8-12H2,1-3H3/t15-,19+/m1/s1. The molecule has 0 N–H and O–H groups in total. The predicted molar refractivity (Wildman–Crippen MR) is 101 cm³/mol. The number of rotatable bonds is 3. The van der Waals surface area contributed by atoms with E-state index in [1.165, 1.54) is 0 Å². The van der Waals surface area contributed by atoms with Crippen molar-refractivity contribution in [2.24, 2.45) is 10.8 Å². The molecule has 1 saturated carbocycles. The molecule has 1 aromatic rings. The smallest absolute Gasteiger partial charge is 0.338 e. The molecule has 5 heteroatoms. The summed E-state index contributed by atoms with van der Waals surface area (Å²) < 4.78 is 6.23. The number of fused-ring (bicyclic) bond motifs is 2. The van der Waals surface area contributed by atoms with Crippen molar-refractivity contribution < 1.29 is 14.3 Å². The molecule has 0 unspecified atom stereocenters. The van der Waals surface area contributed by atoms with E-state index in [1.807, 2.05) is 17.0 Å². The first-order chi connectivity index (χ1) is 11.2. The molecule has 2 aliphatic rings. The number of halogens is 1. The molecule has 2 bridgehead atoms. The van der Waals surface area contributed by atoms with E-state index >= 15 is 0 Å². The molecule has 1 amide bonds. The van der Waals surface area contributed by atoms with Crippen LogP contribution in [0.3, 0.4) is 0 Å². The number of likely N-dealkylation sites (tertiary alicyclic amines) is 1. The average molecular weight is 441 g/mol. The van der Waals surface area contributed by atoms with Gasteiger partial charge in [-0.2, -0.15) is 0 Å². The van der Waals surface area contributed by atoms with Crippen molar-refractivity contribution in [3.63, 3.8) is 0 Å². The van der Waals surface area contributed by atoms with Crippen molar-refractivity contribution in [2.75, 3.05) is 13.2 Å². The van der Waals surface area contributed by atoms with Gasteiger partial charge in [-0.05, 0) is 70.9 Å². The van der Waals surface area contributed by atoms with E-state index in [0.29, 0.717) is 5.56 Å². The SMILES string of the molecule is CC1(C)C[C@@H]2C[C@](C)(CN2C(=O)COC(=O)c2cccc(I)c2)C1. The van der Waals surface area contributed by atoms with E-state index in [2.05, 4.69) is 43.4 Å². The fourth-order valence-corrected chi connectivity index (χ4v) is 5.20. The molecule has 24 heavy (non-hydrogen) atoms. The average Bonchev–Trinajstić information content (AvgIpc) is 2.73. The van der Waals surface area contributed by atoms with Crippen LogP contribution in [0.1, 0.15) is 50.4 Å². The second-order valence-corrected chi connectivity index (χ2v) is 9.57. The number of ether oxygens (including phenoxy) is 1. The van der Waals surface area contributed by atoms with Crippen molar-refractivity contribution in [3.8, 4) is 0 Å². The number of hydrogen-bond acceptors (Lipinski definition) is 3. The molecule has 130 valence electrons. The zero-order chi connectivity index (χ0) is 17.5. The molecule has 1 aliphatic heterocycles. The summed E-state index contributed by atoms with van der Waals surface area (Å²) in [7, 11) is 0. The Hall–Kier alpha value is -1.11. The third kappa shape index (κ3) is 3.76. The van der Waals surface area contributed by atoms with Crippen LogP contribution in [-0.2, 0) is 9.53 Å². The molecule has 1 heterocycles. The predicted octanol–water partition coefficient (Wildman–Crippen LogP) is 3.88. The monoisotopic (exact) mass is 441 g/mol. The fourth-order valence-electron chi connectivity index (χ4n) is 4.66. The zero-order valence-electron chi connectivity index (χ0n) is 14.5. The van der Waals surface area contributed by atoms with Crippen molar-refractivity contribution in [2.45, 2.75) is 46.1 Å². The van der Waals surface area contributed by atoms with Gasteiger partial charge in [-0.25, -0.2) is 4.79 Å². The minimum absolute atomic E-state index is 0.0691. The van der Waals surface area contributed by atoms with E-state index in [9.17, 15) is 9.59 Å². The number of hydrogen-bond donors (Lipinski definition) is 0. The summed E-state index contributed by atoms with van der Waals surface area (Å²) in [4.78, 5) is 26.6. The minimum atomic E-state index is -0.435. The summed E-state index contributed by atoms with van der Waals surface area (Å²) in [6.45, 7) is 7.44. The summed E-state index contributed by atoms with van der Waals surface area (Å²) in [6.07, 6.45) is 3.23. The van der Waals surface area contributed by atoms with Crippen LogP contribution >= 0.6 is 22.6 Å². The van der Waals surface area contributed by atoms with Crippen LogP contribution in [0.25, 0.3) is 0 Å². The molecule has 1 saturated heterocycles. The molecular formula is C19H24INO3. The Labute approximate surface area is 157 Å². The Morgan fingerprint density at radius 3 is 2.75 bits per heavy atom. The van der Waals surface area contributed by atoms with Gasteiger partial charge in [0.15, 0.2) is 6.61 Å². The zero-order valence-corrected chi connectivity index (χ0v) is 16.6. The Morgan fingerprint density at radius 1 is 1.29 bits per heavy atom. The molecular weight excluding hydrogens is 417 g/mol. The largest absolute Gasteiger partial charge is 0.452 e. The number of amides is 1. The molecule has 0 radical (unpaired) electrons. The highest BCUT2D eigenvalue weighted by Crippen LogP contribution is 2.52. The van der Waals surface area contributed by atoms with Gasteiger partial charge < -0.3 is 9.64 Å². The van der Waals surface area contributed by atoms with Gasteiger partial charge in [-0.15, -0.1) is 0 Å². The summed E-state index contributed by atoms with van der Waals surface area (Å²) in [5.41, 5.74) is 0.953. The Kier molecular flexibility index (Phi) is 4.66. The lowest BCUT2D eigenvalue weighted by atomic mass is 9.65. The van der Waals surface area contributed by atoms with Crippen molar-refractivity contribution >= 4 is 34.5 Å². The quantitative estimate of drug-likeness (QED) is 0.529. The van der Waals surface area contributed by atoms with Crippen LogP contribution in [0.5, 0.6) is 0 Å². The lowest BCUT2D eigenvalue weighted by Crippen LogP contribution is -2.39. The maximum atomic E-state index is 12.6. The van der Waals surface area contributed by atoms with Gasteiger partial charge >= 0.3 is 5.97 Å². The van der Waals surface area contributed by atoms with Crippen LogP contribution in [0.15, 0.2) is 24.3 Å². The number of nitrogens with zero attached hydrogens (tertiary/aromatic N) is 1.